The molecule has 0 aliphatic carbocycles. The van der Waals surface area contributed by atoms with Gasteiger partial charge in [-0.1, -0.05) is 48.5 Å². The van der Waals surface area contributed by atoms with Gasteiger partial charge in [0.2, 0.25) is 5.91 Å². The maximum atomic E-state index is 12.3. The van der Waals surface area contributed by atoms with Crippen LogP contribution in [0.5, 0.6) is 0 Å². The quantitative estimate of drug-likeness (QED) is 0.455. The highest BCUT2D eigenvalue weighted by Crippen LogP contribution is 2.23. The molecule has 0 bridgehead atoms. The third kappa shape index (κ3) is 5.06. The number of ether oxygens (including phenoxy) is 1. The van der Waals surface area contributed by atoms with Crippen molar-refractivity contribution in [2.75, 3.05) is 5.32 Å². The maximum Gasteiger partial charge on any atom is 0.296 e. The van der Waals surface area contributed by atoms with Crippen LogP contribution in [0.25, 0.3) is 16.9 Å². The van der Waals surface area contributed by atoms with Crippen molar-refractivity contribution in [2.24, 2.45) is 0 Å². The molecule has 4 aromatic rings. The Labute approximate surface area is 190 Å². The van der Waals surface area contributed by atoms with Gasteiger partial charge in [0.05, 0.1) is 24.8 Å². The van der Waals surface area contributed by atoms with E-state index >= 15 is 0 Å². The van der Waals surface area contributed by atoms with Crippen molar-refractivity contribution in [1.82, 2.24) is 14.8 Å². The van der Waals surface area contributed by atoms with Crippen LogP contribution >= 0.6 is 0 Å². The Morgan fingerprint density at radius 2 is 1.82 bits per heavy atom. The highest BCUT2D eigenvalue weighted by atomic mass is 16.5. The van der Waals surface area contributed by atoms with Crippen LogP contribution < -0.4 is 10.9 Å². The van der Waals surface area contributed by atoms with Crippen molar-refractivity contribution in [3.8, 4) is 23.0 Å². The van der Waals surface area contributed by atoms with Gasteiger partial charge >= 0.3 is 0 Å². The van der Waals surface area contributed by atoms with Crippen molar-refractivity contribution in [2.45, 2.75) is 20.1 Å². The molecule has 2 aromatic heterocycles. The van der Waals surface area contributed by atoms with Crippen LogP contribution in [0.15, 0.2) is 77.9 Å². The summed E-state index contributed by atoms with van der Waals surface area (Å²) in [5.41, 5.74) is 4.19. The van der Waals surface area contributed by atoms with Crippen molar-refractivity contribution in [3.63, 3.8) is 0 Å². The van der Waals surface area contributed by atoms with Gasteiger partial charge in [-0.05, 0) is 34.4 Å². The molecule has 2 aromatic carbocycles. The zero-order valence-electron chi connectivity index (χ0n) is 17.9. The first kappa shape index (κ1) is 21.7. The Morgan fingerprint density at radius 1 is 1.09 bits per heavy atom. The average molecular weight is 439 g/mol. The third-order valence-corrected chi connectivity index (χ3v) is 4.97. The number of aromatic nitrogens is 3. The largest absolute Gasteiger partial charge is 0.372 e. The predicted octanol–water partition coefficient (Wildman–Crippen LogP) is 3.77. The number of hydrogen-bond acceptors (Lipinski definition) is 5. The van der Waals surface area contributed by atoms with Gasteiger partial charge in [0.1, 0.15) is 5.69 Å². The molecule has 2 heterocycles. The Kier molecular flexibility index (Phi) is 6.43. The summed E-state index contributed by atoms with van der Waals surface area (Å²) in [6.45, 7) is 2.13. The lowest BCUT2D eigenvalue weighted by Gasteiger charge is -2.08. The molecule has 0 fully saturated rings. The Hall–Kier alpha value is -4.48. The fourth-order valence-corrected chi connectivity index (χ4v) is 3.35. The van der Waals surface area contributed by atoms with Gasteiger partial charge in [0.15, 0.2) is 5.82 Å². The maximum absolute atomic E-state index is 12.3. The van der Waals surface area contributed by atoms with E-state index in [2.05, 4.69) is 21.5 Å². The number of nitrogens with zero attached hydrogens (tertiary/aromatic N) is 3. The lowest BCUT2D eigenvalue weighted by molar-refractivity contribution is -0.114. The van der Waals surface area contributed by atoms with E-state index in [1.54, 1.807) is 18.3 Å². The number of rotatable bonds is 7. The standard InChI is InChI=1S/C25H21N5O3/c1-17(31)29-23-14-28-30(25(23)32)24-11-8-19(13-27-24)16-33-15-18-6-9-20(10-7-18)22-5-3-2-4-21(22)12-26/h2-11,13-14,28H,15-16H2,1H3,(H,29,31). The number of nitrogens with one attached hydrogen (secondary N) is 2. The van der Waals surface area contributed by atoms with E-state index in [9.17, 15) is 14.9 Å². The number of aromatic amines is 1. The van der Waals surface area contributed by atoms with E-state index in [-0.39, 0.29) is 17.2 Å². The van der Waals surface area contributed by atoms with Crippen LogP contribution in [-0.2, 0) is 22.7 Å². The number of carbonyl (C=O) groups excluding carboxylic acids is 1. The van der Waals surface area contributed by atoms with E-state index in [1.807, 2.05) is 48.5 Å². The molecule has 0 unspecified atom stereocenters. The fourth-order valence-electron chi connectivity index (χ4n) is 3.35. The number of anilines is 1. The van der Waals surface area contributed by atoms with Crippen molar-refractivity contribution in [3.05, 3.63) is 100 Å². The molecule has 8 nitrogen and oxygen atoms in total. The number of carbonyl (C=O) groups is 1. The Balaban J connectivity index is 1.35. The van der Waals surface area contributed by atoms with Crippen LogP contribution in [0.3, 0.4) is 0 Å². The fraction of sp³-hybridized carbons (Fsp3) is 0.120. The van der Waals surface area contributed by atoms with E-state index in [0.717, 1.165) is 22.3 Å². The molecule has 0 aliphatic rings. The van der Waals surface area contributed by atoms with Crippen LogP contribution in [0.1, 0.15) is 23.6 Å². The van der Waals surface area contributed by atoms with Gasteiger partial charge in [-0.15, -0.1) is 0 Å². The molecular formula is C25H21N5O3. The lowest BCUT2D eigenvalue weighted by Crippen LogP contribution is -2.20. The van der Waals surface area contributed by atoms with Crippen LogP contribution in [0.4, 0.5) is 5.69 Å². The minimum Gasteiger partial charge on any atom is -0.372 e. The van der Waals surface area contributed by atoms with Crippen LogP contribution in [0, 0.1) is 11.3 Å². The molecule has 0 aliphatic heterocycles. The highest BCUT2D eigenvalue weighted by molar-refractivity contribution is 5.88. The molecule has 0 spiro atoms. The van der Waals surface area contributed by atoms with Gasteiger partial charge in [-0.25, -0.2) is 4.98 Å². The molecule has 1 amide bonds. The lowest BCUT2D eigenvalue weighted by atomic mass is 9.99. The molecule has 164 valence electrons. The van der Waals surface area contributed by atoms with E-state index in [1.165, 1.54) is 17.8 Å². The summed E-state index contributed by atoms with van der Waals surface area (Å²) < 4.78 is 7.05. The number of hydrogen-bond donors (Lipinski definition) is 2. The van der Waals surface area contributed by atoms with E-state index in [4.69, 9.17) is 4.74 Å². The second-order valence-corrected chi connectivity index (χ2v) is 7.38. The first-order chi connectivity index (χ1) is 16.0. The monoisotopic (exact) mass is 439 g/mol. The molecule has 0 saturated carbocycles. The summed E-state index contributed by atoms with van der Waals surface area (Å²) in [4.78, 5) is 27.8. The molecule has 8 heteroatoms. The van der Waals surface area contributed by atoms with E-state index in [0.29, 0.717) is 24.6 Å². The number of pyridine rings is 1. The SMILES string of the molecule is CC(=O)Nc1c[nH]n(-c2ccc(COCc3ccc(-c4ccccc4C#N)cc3)cn2)c1=O. The van der Waals surface area contributed by atoms with Crippen molar-refractivity contribution in [1.29, 1.82) is 5.26 Å². The second-order valence-electron chi connectivity index (χ2n) is 7.38. The van der Waals surface area contributed by atoms with E-state index < -0.39 is 0 Å². The summed E-state index contributed by atoms with van der Waals surface area (Å²) in [5.74, 6) is 0.0916. The minimum absolute atomic E-state index is 0.166. The Bertz CT molecular complexity index is 1360. The normalized spacial score (nSPS) is 10.5. The van der Waals surface area contributed by atoms with Crippen molar-refractivity contribution < 1.29 is 9.53 Å². The Morgan fingerprint density at radius 3 is 2.52 bits per heavy atom. The van der Waals surface area contributed by atoms with Crippen LogP contribution in [0.2, 0.25) is 0 Å². The molecule has 0 atom stereocenters. The number of nitriles is 1. The van der Waals surface area contributed by atoms with Gasteiger partial charge in [0.25, 0.3) is 5.56 Å². The molecule has 2 N–H and O–H groups in total. The number of H-pyrrole nitrogens is 1. The van der Waals surface area contributed by atoms with Gasteiger partial charge in [-0.3, -0.25) is 14.7 Å². The second kappa shape index (κ2) is 9.77. The van der Waals surface area contributed by atoms with Gasteiger partial charge in [-0.2, -0.15) is 9.94 Å². The molecule has 0 saturated heterocycles. The van der Waals surface area contributed by atoms with Gasteiger partial charge in [0, 0.05) is 19.3 Å². The molecule has 4 rings (SSSR count). The first-order valence-electron chi connectivity index (χ1n) is 10.2. The average Bonchev–Trinajstić information content (AvgIpc) is 3.19. The third-order valence-electron chi connectivity index (χ3n) is 4.97. The predicted molar refractivity (Wildman–Crippen MR) is 124 cm³/mol. The molecule has 33 heavy (non-hydrogen) atoms. The number of benzene rings is 2. The van der Waals surface area contributed by atoms with Crippen molar-refractivity contribution >= 4 is 11.6 Å². The smallest absolute Gasteiger partial charge is 0.296 e. The number of amides is 1. The molecular weight excluding hydrogens is 418 g/mol. The van der Waals surface area contributed by atoms with Gasteiger partial charge < -0.3 is 10.1 Å². The first-order valence-corrected chi connectivity index (χ1v) is 10.2. The summed E-state index contributed by atoms with van der Waals surface area (Å²) >= 11 is 0. The zero-order valence-corrected chi connectivity index (χ0v) is 17.9. The topological polar surface area (TPSA) is 113 Å². The summed E-state index contributed by atoms with van der Waals surface area (Å²) in [6, 6.07) is 21.2. The zero-order chi connectivity index (χ0) is 23.2. The minimum atomic E-state index is -0.387. The summed E-state index contributed by atoms with van der Waals surface area (Å²) in [7, 11) is 0. The van der Waals surface area contributed by atoms with Crippen LogP contribution in [-0.4, -0.2) is 20.7 Å². The highest BCUT2D eigenvalue weighted by Gasteiger charge is 2.10. The molecule has 0 radical (unpaired) electrons. The summed E-state index contributed by atoms with van der Waals surface area (Å²) in [6.07, 6.45) is 3.06. The summed E-state index contributed by atoms with van der Waals surface area (Å²) in [5, 5.41) is 14.5.